The Bertz CT molecular complexity index is 659. The minimum absolute atomic E-state index is 0.000127. The van der Waals surface area contributed by atoms with E-state index in [9.17, 15) is 14.4 Å². The van der Waals surface area contributed by atoms with Crippen LogP contribution in [0.1, 0.15) is 34.1 Å². The molecule has 2 rings (SSSR count). The summed E-state index contributed by atoms with van der Waals surface area (Å²) in [4.78, 5) is 37.3. The fourth-order valence-corrected chi connectivity index (χ4v) is 2.65. The van der Waals surface area contributed by atoms with Crippen molar-refractivity contribution in [3.05, 3.63) is 35.4 Å². The number of amides is 3. The van der Waals surface area contributed by atoms with E-state index in [1.54, 1.807) is 31.4 Å². The number of carbonyl (C=O) groups excluding carboxylic acids is 3. The molecule has 0 saturated carbocycles. The number of ether oxygens (including phenoxy) is 1. The van der Waals surface area contributed by atoms with Crippen LogP contribution >= 0.6 is 12.2 Å². The lowest BCUT2D eigenvalue weighted by atomic mass is 10.1. The van der Waals surface area contributed by atoms with Gasteiger partial charge >= 0.3 is 0 Å². The zero-order valence-corrected chi connectivity index (χ0v) is 14.8. The number of carbonyl (C=O) groups is 3. The molecule has 3 N–H and O–H groups in total. The van der Waals surface area contributed by atoms with Gasteiger partial charge in [0.05, 0.1) is 17.7 Å². The van der Waals surface area contributed by atoms with Crippen molar-refractivity contribution in [2.24, 2.45) is 0 Å². The van der Waals surface area contributed by atoms with Crippen molar-refractivity contribution < 1.29 is 19.1 Å². The SMILES string of the molecule is COC[C@H](C)NC(=S)NNC(=O)CCN1C(=O)c2ccccc2C1=O. The lowest BCUT2D eigenvalue weighted by molar-refractivity contribution is -0.121. The predicted molar refractivity (Wildman–Crippen MR) is 94.8 cm³/mol. The molecular formula is C16H20N4O4S. The summed E-state index contributed by atoms with van der Waals surface area (Å²) in [6, 6.07) is 6.58. The van der Waals surface area contributed by atoms with E-state index in [1.165, 1.54) is 0 Å². The smallest absolute Gasteiger partial charge is 0.261 e. The van der Waals surface area contributed by atoms with Crippen LogP contribution in [0.4, 0.5) is 0 Å². The van der Waals surface area contributed by atoms with Crippen molar-refractivity contribution in [2.75, 3.05) is 20.3 Å². The molecular weight excluding hydrogens is 344 g/mol. The number of nitrogens with zero attached hydrogens (tertiary/aromatic N) is 1. The zero-order chi connectivity index (χ0) is 18.4. The molecule has 25 heavy (non-hydrogen) atoms. The molecule has 3 amide bonds. The molecule has 9 heteroatoms. The first kappa shape index (κ1) is 18.8. The van der Waals surface area contributed by atoms with Crippen molar-refractivity contribution in [1.82, 2.24) is 21.1 Å². The second-order valence-corrected chi connectivity index (χ2v) is 5.97. The van der Waals surface area contributed by atoms with Gasteiger partial charge in [0.1, 0.15) is 0 Å². The Balaban J connectivity index is 1.77. The molecule has 0 bridgehead atoms. The molecule has 8 nitrogen and oxygen atoms in total. The molecule has 0 saturated heterocycles. The number of benzene rings is 1. The van der Waals surface area contributed by atoms with Crippen LogP contribution in [0.2, 0.25) is 0 Å². The first-order valence-corrected chi connectivity index (χ1v) is 8.14. The Morgan fingerprint density at radius 2 is 1.80 bits per heavy atom. The summed E-state index contributed by atoms with van der Waals surface area (Å²) >= 11 is 5.03. The van der Waals surface area contributed by atoms with Gasteiger partial charge in [-0.1, -0.05) is 12.1 Å². The maximum Gasteiger partial charge on any atom is 0.261 e. The van der Waals surface area contributed by atoms with Gasteiger partial charge in [0.15, 0.2) is 5.11 Å². The van der Waals surface area contributed by atoms with E-state index in [0.717, 1.165) is 4.90 Å². The third-order valence-corrected chi connectivity index (χ3v) is 3.77. The summed E-state index contributed by atoms with van der Waals surface area (Å²) in [6.07, 6.45) is -0.0330. The van der Waals surface area contributed by atoms with Gasteiger partial charge in [-0.3, -0.25) is 30.1 Å². The maximum atomic E-state index is 12.2. The maximum absolute atomic E-state index is 12.2. The van der Waals surface area contributed by atoms with E-state index in [2.05, 4.69) is 16.2 Å². The molecule has 0 fully saturated rings. The predicted octanol–water partition coefficient (Wildman–Crippen LogP) is 0.203. The lowest BCUT2D eigenvalue weighted by Gasteiger charge is -2.17. The summed E-state index contributed by atoms with van der Waals surface area (Å²) in [5, 5.41) is 3.17. The van der Waals surface area contributed by atoms with Gasteiger partial charge in [-0.15, -0.1) is 0 Å². The van der Waals surface area contributed by atoms with E-state index in [1.807, 2.05) is 6.92 Å². The number of methoxy groups -OCH3 is 1. The Kier molecular flexibility index (Phi) is 6.43. The number of fused-ring (bicyclic) bond motifs is 1. The molecule has 1 heterocycles. The van der Waals surface area contributed by atoms with Crippen LogP contribution in [-0.2, 0) is 9.53 Å². The van der Waals surface area contributed by atoms with Crippen LogP contribution in [0.15, 0.2) is 24.3 Å². The third kappa shape index (κ3) is 4.74. The number of thiocarbonyl (C=S) groups is 1. The molecule has 134 valence electrons. The molecule has 0 unspecified atom stereocenters. The monoisotopic (exact) mass is 364 g/mol. The van der Waals surface area contributed by atoms with Crippen molar-refractivity contribution in [1.29, 1.82) is 0 Å². The Labute approximate surface area is 150 Å². The number of imide groups is 1. The van der Waals surface area contributed by atoms with Crippen LogP contribution in [0, 0.1) is 0 Å². The lowest BCUT2D eigenvalue weighted by Crippen LogP contribution is -2.50. The number of nitrogens with one attached hydrogen (secondary N) is 3. The number of rotatable bonds is 6. The zero-order valence-electron chi connectivity index (χ0n) is 14.0. The second-order valence-electron chi connectivity index (χ2n) is 5.56. The van der Waals surface area contributed by atoms with E-state index in [4.69, 9.17) is 17.0 Å². The average molecular weight is 364 g/mol. The van der Waals surface area contributed by atoms with Gasteiger partial charge in [0, 0.05) is 26.1 Å². The minimum atomic E-state index is -0.389. The van der Waals surface area contributed by atoms with Gasteiger partial charge in [0.25, 0.3) is 11.8 Å². The summed E-state index contributed by atoms with van der Waals surface area (Å²) in [5.41, 5.74) is 5.71. The third-order valence-electron chi connectivity index (χ3n) is 3.55. The van der Waals surface area contributed by atoms with Crippen LogP contribution in [0.5, 0.6) is 0 Å². The molecule has 1 aliphatic heterocycles. The van der Waals surface area contributed by atoms with Gasteiger partial charge in [-0.2, -0.15) is 0 Å². The first-order valence-electron chi connectivity index (χ1n) is 7.73. The molecule has 1 aromatic rings. The standard InChI is InChI=1S/C16H20N4O4S/c1-10(9-24-2)17-16(25)19-18-13(21)7-8-20-14(22)11-5-3-4-6-12(11)15(20)23/h3-6,10H,7-9H2,1-2H3,(H,18,21)(H2,17,19,25)/t10-/m0/s1. The molecule has 1 aliphatic rings. The normalized spacial score (nSPS) is 14.1. The summed E-state index contributed by atoms with van der Waals surface area (Å²) < 4.78 is 4.97. The summed E-state index contributed by atoms with van der Waals surface area (Å²) in [6.45, 7) is 2.34. The topological polar surface area (TPSA) is 99.8 Å². The molecule has 0 spiro atoms. The molecule has 1 aromatic carbocycles. The number of hydrazine groups is 1. The van der Waals surface area contributed by atoms with Crippen LogP contribution < -0.4 is 16.2 Å². The van der Waals surface area contributed by atoms with Gasteiger partial charge in [-0.05, 0) is 31.3 Å². The van der Waals surface area contributed by atoms with Gasteiger partial charge in [-0.25, -0.2) is 0 Å². The van der Waals surface area contributed by atoms with Crippen molar-refractivity contribution in [3.8, 4) is 0 Å². The van der Waals surface area contributed by atoms with Crippen LogP contribution in [-0.4, -0.2) is 54.0 Å². The second kappa shape index (κ2) is 8.54. The van der Waals surface area contributed by atoms with Crippen LogP contribution in [0.3, 0.4) is 0 Å². The highest BCUT2D eigenvalue weighted by Crippen LogP contribution is 2.22. The highest BCUT2D eigenvalue weighted by atomic mass is 32.1. The first-order chi connectivity index (χ1) is 11.9. The van der Waals surface area contributed by atoms with E-state index in [0.29, 0.717) is 17.7 Å². The van der Waals surface area contributed by atoms with Crippen molar-refractivity contribution >= 4 is 35.1 Å². The minimum Gasteiger partial charge on any atom is -0.383 e. The Hall–Kier alpha value is -2.52. The fraction of sp³-hybridized carbons (Fsp3) is 0.375. The molecule has 0 radical (unpaired) electrons. The average Bonchev–Trinajstić information content (AvgIpc) is 2.83. The van der Waals surface area contributed by atoms with Crippen molar-refractivity contribution in [2.45, 2.75) is 19.4 Å². The molecule has 1 atom stereocenters. The highest BCUT2D eigenvalue weighted by molar-refractivity contribution is 7.80. The largest absolute Gasteiger partial charge is 0.383 e. The quantitative estimate of drug-likeness (QED) is 0.377. The number of hydrogen-bond acceptors (Lipinski definition) is 5. The van der Waals surface area contributed by atoms with E-state index >= 15 is 0 Å². The van der Waals surface area contributed by atoms with Gasteiger partial charge in [0.2, 0.25) is 5.91 Å². The molecule has 0 aromatic heterocycles. The summed E-state index contributed by atoms with van der Waals surface area (Å²) in [5.74, 6) is -1.15. The van der Waals surface area contributed by atoms with Crippen LogP contribution in [0.25, 0.3) is 0 Å². The fourth-order valence-electron chi connectivity index (χ4n) is 2.40. The Morgan fingerprint density at radius 1 is 1.20 bits per heavy atom. The summed E-state index contributed by atoms with van der Waals surface area (Å²) in [7, 11) is 1.58. The Morgan fingerprint density at radius 3 is 2.36 bits per heavy atom. The highest BCUT2D eigenvalue weighted by Gasteiger charge is 2.34. The van der Waals surface area contributed by atoms with E-state index < -0.39 is 0 Å². The van der Waals surface area contributed by atoms with Crippen molar-refractivity contribution in [3.63, 3.8) is 0 Å². The van der Waals surface area contributed by atoms with Gasteiger partial charge < -0.3 is 10.1 Å². The number of hydrogen-bond donors (Lipinski definition) is 3. The molecule has 0 aliphatic carbocycles. The van der Waals surface area contributed by atoms with E-state index in [-0.39, 0.29) is 41.8 Å².